The molecule has 2 aromatic rings. The average Bonchev–Trinajstić information content (AvgIpc) is 2.76. The lowest BCUT2D eigenvalue weighted by Crippen LogP contribution is -2.21. The van der Waals surface area contributed by atoms with Crippen LogP contribution in [0.1, 0.15) is 17.4 Å². The zero-order valence-electron chi connectivity index (χ0n) is 11.4. The Hall–Kier alpha value is -0.880. The fraction of sp³-hybridized carbons (Fsp3) is 0.357. The molecule has 0 amide bonds. The van der Waals surface area contributed by atoms with E-state index in [0.29, 0.717) is 11.6 Å². The van der Waals surface area contributed by atoms with E-state index < -0.39 is 6.10 Å². The summed E-state index contributed by atoms with van der Waals surface area (Å²) in [5.41, 5.74) is 1.50. The summed E-state index contributed by atoms with van der Waals surface area (Å²) in [6.07, 6.45) is 0.950. The van der Waals surface area contributed by atoms with Crippen molar-refractivity contribution in [2.75, 3.05) is 20.6 Å². The maximum absolute atomic E-state index is 10.6. The lowest BCUT2D eigenvalue weighted by molar-refractivity contribution is 0.205. The molecule has 0 radical (unpaired) electrons. The van der Waals surface area contributed by atoms with E-state index in [2.05, 4.69) is 25.9 Å². The summed E-state index contributed by atoms with van der Waals surface area (Å²) in [4.78, 5) is 2.07. The fourth-order valence-electron chi connectivity index (χ4n) is 1.95. The predicted octanol–water partition coefficient (Wildman–Crippen LogP) is 2.94. The van der Waals surface area contributed by atoms with Gasteiger partial charge in [0, 0.05) is 11.6 Å². The first-order chi connectivity index (χ1) is 9.49. The van der Waals surface area contributed by atoms with E-state index in [-0.39, 0.29) is 0 Å². The van der Waals surface area contributed by atoms with Crippen molar-refractivity contribution >= 4 is 27.5 Å². The van der Waals surface area contributed by atoms with Crippen LogP contribution in [0.2, 0.25) is 5.02 Å². The number of benzene rings is 1. The first kappa shape index (κ1) is 15.5. The zero-order chi connectivity index (χ0) is 14.7. The number of aromatic nitrogens is 2. The Balaban J connectivity index is 2.29. The normalized spacial score (nSPS) is 12.9. The minimum absolute atomic E-state index is 0.608. The van der Waals surface area contributed by atoms with Crippen LogP contribution in [0.15, 0.2) is 34.9 Å². The van der Waals surface area contributed by atoms with Crippen LogP contribution in [0, 0.1) is 0 Å². The van der Waals surface area contributed by atoms with E-state index in [1.165, 1.54) is 0 Å². The predicted molar refractivity (Wildman–Crippen MR) is 84.0 cm³/mol. The van der Waals surface area contributed by atoms with Crippen LogP contribution in [0.4, 0.5) is 0 Å². The summed E-state index contributed by atoms with van der Waals surface area (Å²) in [6, 6.07) is 7.24. The molecule has 2 rings (SSSR count). The number of halogens is 2. The third kappa shape index (κ3) is 3.61. The lowest BCUT2D eigenvalue weighted by atomic mass is 10.1. The number of nitrogens with zero attached hydrogens (tertiary/aromatic N) is 3. The Morgan fingerprint density at radius 2 is 2.20 bits per heavy atom. The Labute approximate surface area is 132 Å². The first-order valence-corrected chi connectivity index (χ1v) is 7.45. The second-order valence-electron chi connectivity index (χ2n) is 4.86. The molecule has 0 aliphatic carbocycles. The molecule has 6 heteroatoms. The highest BCUT2D eigenvalue weighted by Crippen LogP contribution is 2.29. The summed E-state index contributed by atoms with van der Waals surface area (Å²) >= 11 is 9.43. The Morgan fingerprint density at radius 3 is 2.85 bits per heavy atom. The second kappa shape index (κ2) is 6.72. The highest BCUT2D eigenvalue weighted by Gasteiger charge is 2.19. The smallest absolute Gasteiger partial charge is 0.122 e. The molecule has 1 aromatic carbocycles. The number of rotatable bonds is 5. The summed E-state index contributed by atoms with van der Waals surface area (Å²) < 4.78 is 2.61. The molecule has 0 saturated heterocycles. The van der Waals surface area contributed by atoms with Crippen LogP contribution >= 0.6 is 27.5 Å². The Kier molecular flexibility index (Phi) is 5.21. The van der Waals surface area contributed by atoms with Gasteiger partial charge in [-0.1, -0.05) is 23.7 Å². The molecule has 1 aromatic heterocycles. The fourth-order valence-corrected chi connectivity index (χ4v) is 2.66. The lowest BCUT2D eigenvalue weighted by Gasteiger charge is -2.16. The van der Waals surface area contributed by atoms with Crippen molar-refractivity contribution in [2.45, 2.75) is 12.6 Å². The topological polar surface area (TPSA) is 41.3 Å². The standard InChI is InChI=1S/C14H17BrClN3O/c1-18(2)6-7-19-13(12(15)9-17-19)14(20)10-4-3-5-11(16)8-10/h3-5,8-9,14,20H,6-7H2,1-2H3. The van der Waals surface area contributed by atoms with Gasteiger partial charge in [0.05, 0.1) is 22.9 Å². The molecule has 108 valence electrons. The van der Waals surface area contributed by atoms with E-state index in [4.69, 9.17) is 11.6 Å². The van der Waals surface area contributed by atoms with Crippen molar-refractivity contribution in [2.24, 2.45) is 0 Å². The number of hydrogen-bond donors (Lipinski definition) is 1. The monoisotopic (exact) mass is 357 g/mol. The summed E-state index contributed by atoms with van der Waals surface area (Å²) in [7, 11) is 4.01. The molecule has 0 bridgehead atoms. The molecule has 0 aliphatic rings. The van der Waals surface area contributed by atoms with Gasteiger partial charge in [0.25, 0.3) is 0 Å². The van der Waals surface area contributed by atoms with Gasteiger partial charge in [0.15, 0.2) is 0 Å². The van der Waals surface area contributed by atoms with Crippen LogP contribution < -0.4 is 0 Å². The molecule has 1 heterocycles. The highest BCUT2D eigenvalue weighted by atomic mass is 79.9. The SMILES string of the molecule is CN(C)CCn1ncc(Br)c1C(O)c1cccc(Cl)c1. The number of aliphatic hydroxyl groups excluding tert-OH is 1. The van der Waals surface area contributed by atoms with Crippen molar-refractivity contribution in [3.63, 3.8) is 0 Å². The second-order valence-corrected chi connectivity index (χ2v) is 6.15. The summed E-state index contributed by atoms with van der Waals surface area (Å²) in [5.74, 6) is 0. The van der Waals surface area contributed by atoms with Gasteiger partial charge in [-0.15, -0.1) is 0 Å². The quantitative estimate of drug-likeness (QED) is 0.893. The summed E-state index contributed by atoms with van der Waals surface area (Å²) in [6.45, 7) is 1.56. The van der Waals surface area contributed by atoms with Crippen molar-refractivity contribution in [3.05, 3.63) is 51.2 Å². The maximum Gasteiger partial charge on any atom is 0.122 e. The van der Waals surface area contributed by atoms with E-state index in [9.17, 15) is 5.11 Å². The zero-order valence-corrected chi connectivity index (χ0v) is 13.8. The van der Waals surface area contributed by atoms with E-state index in [1.807, 2.05) is 30.9 Å². The van der Waals surface area contributed by atoms with Crippen LogP contribution in [0.25, 0.3) is 0 Å². The van der Waals surface area contributed by atoms with Gasteiger partial charge in [-0.05, 0) is 47.7 Å². The van der Waals surface area contributed by atoms with Gasteiger partial charge in [-0.25, -0.2) is 0 Å². The molecule has 0 saturated carbocycles. The van der Waals surface area contributed by atoms with E-state index in [0.717, 1.165) is 22.3 Å². The third-order valence-corrected chi connectivity index (χ3v) is 3.86. The van der Waals surface area contributed by atoms with Gasteiger partial charge in [-0.2, -0.15) is 5.10 Å². The molecule has 1 unspecified atom stereocenters. The van der Waals surface area contributed by atoms with Gasteiger partial charge in [-0.3, -0.25) is 4.68 Å². The third-order valence-electron chi connectivity index (χ3n) is 3.02. The molecule has 20 heavy (non-hydrogen) atoms. The average molecular weight is 359 g/mol. The molecule has 0 fully saturated rings. The van der Waals surface area contributed by atoms with Gasteiger partial charge in [0.2, 0.25) is 0 Å². The van der Waals surface area contributed by atoms with Gasteiger partial charge in [0.1, 0.15) is 6.10 Å². The molecule has 0 spiro atoms. The first-order valence-electron chi connectivity index (χ1n) is 6.28. The van der Waals surface area contributed by atoms with Crippen molar-refractivity contribution in [1.29, 1.82) is 0 Å². The van der Waals surface area contributed by atoms with Crippen molar-refractivity contribution < 1.29 is 5.11 Å². The molecule has 1 atom stereocenters. The molecular weight excluding hydrogens is 342 g/mol. The maximum atomic E-state index is 10.6. The van der Waals surface area contributed by atoms with Crippen LogP contribution in [-0.2, 0) is 6.54 Å². The number of likely N-dealkylation sites (N-methyl/N-ethyl adjacent to an activating group) is 1. The Morgan fingerprint density at radius 1 is 1.45 bits per heavy atom. The van der Waals surface area contributed by atoms with Gasteiger partial charge < -0.3 is 10.0 Å². The molecule has 1 N–H and O–H groups in total. The minimum atomic E-state index is -0.757. The van der Waals surface area contributed by atoms with Gasteiger partial charge >= 0.3 is 0 Å². The number of aliphatic hydroxyl groups is 1. The number of hydrogen-bond acceptors (Lipinski definition) is 3. The minimum Gasteiger partial charge on any atom is -0.382 e. The largest absolute Gasteiger partial charge is 0.382 e. The van der Waals surface area contributed by atoms with Crippen molar-refractivity contribution in [1.82, 2.24) is 14.7 Å². The molecule has 4 nitrogen and oxygen atoms in total. The Bertz CT molecular complexity index is 586. The van der Waals surface area contributed by atoms with Crippen molar-refractivity contribution in [3.8, 4) is 0 Å². The van der Waals surface area contributed by atoms with E-state index >= 15 is 0 Å². The van der Waals surface area contributed by atoms with Crippen LogP contribution in [0.3, 0.4) is 0 Å². The van der Waals surface area contributed by atoms with Crippen LogP contribution in [-0.4, -0.2) is 40.4 Å². The van der Waals surface area contributed by atoms with Crippen LogP contribution in [0.5, 0.6) is 0 Å². The van der Waals surface area contributed by atoms with E-state index in [1.54, 1.807) is 18.3 Å². The molecule has 0 aliphatic heterocycles. The molecular formula is C14H17BrClN3O. The highest BCUT2D eigenvalue weighted by molar-refractivity contribution is 9.10. The summed E-state index contributed by atoms with van der Waals surface area (Å²) in [5, 5.41) is 15.5.